The summed E-state index contributed by atoms with van der Waals surface area (Å²) in [5.41, 5.74) is 3.14. The van der Waals surface area contributed by atoms with Crippen LogP contribution in [0.4, 0.5) is 4.79 Å². The normalized spacial score (nSPS) is 13.8. The van der Waals surface area contributed by atoms with Gasteiger partial charge in [0.25, 0.3) is 0 Å². The van der Waals surface area contributed by atoms with Gasteiger partial charge >= 0.3 is 6.09 Å². The summed E-state index contributed by atoms with van der Waals surface area (Å²) in [7, 11) is 0. The maximum Gasteiger partial charge on any atom is 0.419 e. The van der Waals surface area contributed by atoms with E-state index in [1.165, 1.54) is 4.57 Å². The van der Waals surface area contributed by atoms with Crippen LogP contribution in [0.15, 0.2) is 54.6 Å². The molecule has 0 N–H and O–H groups in total. The molecular weight excluding hydrogens is 302 g/mol. The summed E-state index contributed by atoms with van der Waals surface area (Å²) in [4.78, 5) is 25.1. The van der Waals surface area contributed by atoms with Crippen LogP contribution in [0.2, 0.25) is 0 Å². The molecule has 4 nitrogen and oxygen atoms in total. The van der Waals surface area contributed by atoms with Crippen molar-refractivity contribution >= 4 is 22.8 Å². The van der Waals surface area contributed by atoms with Crippen LogP contribution in [-0.4, -0.2) is 16.4 Å². The maximum absolute atomic E-state index is 12.7. The van der Waals surface area contributed by atoms with Gasteiger partial charge in [0.15, 0.2) is 5.78 Å². The predicted molar refractivity (Wildman–Crippen MR) is 91.2 cm³/mol. The van der Waals surface area contributed by atoms with Gasteiger partial charge in [-0.3, -0.25) is 4.79 Å². The fourth-order valence-corrected chi connectivity index (χ4v) is 3.37. The van der Waals surface area contributed by atoms with Crippen molar-refractivity contribution in [2.45, 2.75) is 25.9 Å². The van der Waals surface area contributed by atoms with Crippen molar-refractivity contribution in [3.8, 4) is 0 Å². The van der Waals surface area contributed by atoms with Crippen LogP contribution < -0.4 is 0 Å². The van der Waals surface area contributed by atoms with Crippen molar-refractivity contribution in [2.24, 2.45) is 0 Å². The number of aromatic nitrogens is 1. The number of Topliss-reactive ketones (excluding diaryl/α,β-unsaturated/α-hetero) is 1. The number of rotatable bonds is 2. The Hall–Kier alpha value is -2.88. The second kappa shape index (κ2) is 5.96. The molecule has 0 spiro atoms. The second-order valence-electron chi connectivity index (χ2n) is 6.00. The molecule has 24 heavy (non-hydrogen) atoms. The summed E-state index contributed by atoms with van der Waals surface area (Å²) >= 11 is 0. The first kappa shape index (κ1) is 14.7. The van der Waals surface area contributed by atoms with Gasteiger partial charge in [0.05, 0.1) is 11.2 Å². The van der Waals surface area contributed by atoms with E-state index in [4.69, 9.17) is 4.74 Å². The Morgan fingerprint density at radius 3 is 2.58 bits per heavy atom. The molecule has 0 fully saturated rings. The van der Waals surface area contributed by atoms with Gasteiger partial charge in [0.1, 0.15) is 6.61 Å². The Kier molecular flexibility index (Phi) is 3.65. The van der Waals surface area contributed by atoms with E-state index in [0.29, 0.717) is 12.1 Å². The van der Waals surface area contributed by atoms with Crippen LogP contribution in [0.1, 0.15) is 34.5 Å². The summed E-state index contributed by atoms with van der Waals surface area (Å²) in [6.45, 7) is 0.190. The van der Waals surface area contributed by atoms with Crippen LogP contribution >= 0.6 is 0 Å². The molecule has 1 heterocycles. The van der Waals surface area contributed by atoms with Crippen LogP contribution in [0.25, 0.3) is 10.9 Å². The van der Waals surface area contributed by atoms with Crippen molar-refractivity contribution in [3.05, 3.63) is 71.4 Å². The molecule has 0 amide bonds. The molecule has 0 atom stereocenters. The van der Waals surface area contributed by atoms with Crippen LogP contribution in [0.3, 0.4) is 0 Å². The van der Waals surface area contributed by atoms with E-state index in [1.54, 1.807) is 0 Å². The lowest BCUT2D eigenvalue weighted by atomic mass is 9.94. The molecule has 1 aliphatic carbocycles. The molecule has 4 rings (SSSR count). The lowest BCUT2D eigenvalue weighted by Gasteiger charge is -2.14. The Balaban J connectivity index is 1.74. The van der Waals surface area contributed by atoms with E-state index in [2.05, 4.69) is 0 Å². The number of hydrogen-bond acceptors (Lipinski definition) is 3. The van der Waals surface area contributed by atoms with Crippen molar-refractivity contribution in [1.29, 1.82) is 0 Å². The summed E-state index contributed by atoms with van der Waals surface area (Å²) in [6.07, 6.45) is 1.64. The van der Waals surface area contributed by atoms with Crippen molar-refractivity contribution in [3.63, 3.8) is 0 Å². The quantitative estimate of drug-likeness (QED) is 0.706. The molecule has 0 aliphatic heterocycles. The van der Waals surface area contributed by atoms with Crippen LogP contribution in [0, 0.1) is 0 Å². The van der Waals surface area contributed by atoms with Crippen LogP contribution in [-0.2, 0) is 17.8 Å². The van der Waals surface area contributed by atoms with E-state index < -0.39 is 6.09 Å². The molecule has 2 aromatic carbocycles. The molecular formula is C20H17NO3. The molecule has 0 saturated carbocycles. The monoisotopic (exact) mass is 319 g/mol. The van der Waals surface area contributed by atoms with E-state index in [1.807, 2.05) is 54.6 Å². The number of benzene rings is 2. The number of para-hydroxylation sites is 1. The lowest BCUT2D eigenvalue weighted by molar-refractivity contribution is 0.0956. The van der Waals surface area contributed by atoms with E-state index >= 15 is 0 Å². The van der Waals surface area contributed by atoms with E-state index in [0.717, 1.165) is 34.9 Å². The van der Waals surface area contributed by atoms with Crippen molar-refractivity contribution in [1.82, 2.24) is 4.57 Å². The maximum atomic E-state index is 12.7. The van der Waals surface area contributed by atoms with Gasteiger partial charge in [-0.1, -0.05) is 48.5 Å². The standard InChI is InChI=1S/C20H17NO3/c22-18-12-6-10-16-15-9-4-5-11-17(15)21(19(16)18)20(23)24-13-14-7-2-1-3-8-14/h1-5,7-9,11H,6,10,12-13H2. The number of carbonyl (C=O) groups excluding carboxylic acids is 2. The van der Waals surface area contributed by atoms with Gasteiger partial charge < -0.3 is 4.74 Å². The molecule has 0 radical (unpaired) electrons. The summed E-state index contributed by atoms with van der Waals surface area (Å²) in [5.74, 6) is 0.0177. The number of carbonyl (C=O) groups is 2. The molecule has 1 aliphatic rings. The first-order valence-corrected chi connectivity index (χ1v) is 8.12. The molecule has 1 aromatic heterocycles. The number of hydrogen-bond donors (Lipinski definition) is 0. The highest BCUT2D eigenvalue weighted by molar-refractivity contribution is 6.08. The smallest absolute Gasteiger partial charge is 0.419 e. The van der Waals surface area contributed by atoms with Gasteiger partial charge in [-0.2, -0.15) is 0 Å². The zero-order valence-electron chi connectivity index (χ0n) is 13.2. The summed E-state index contributed by atoms with van der Waals surface area (Å²) in [6, 6.07) is 17.2. The Morgan fingerprint density at radius 1 is 1.00 bits per heavy atom. The van der Waals surface area contributed by atoms with Gasteiger partial charge in [0.2, 0.25) is 0 Å². The highest BCUT2D eigenvalue weighted by Gasteiger charge is 2.29. The van der Waals surface area contributed by atoms with Crippen molar-refractivity contribution < 1.29 is 14.3 Å². The Bertz CT molecular complexity index is 925. The Labute approximate surface area is 139 Å². The summed E-state index contributed by atoms with van der Waals surface area (Å²) in [5, 5.41) is 0.970. The van der Waals surface area contributed by atoms with Gasteiger partial charge in [-0.05, 0) is 30.0 Å². The number of ether oxygens (including phenoxy) is 1. The predicted octanol–water partition coefficient (Wildman–Crippen LogP) is 4.35. The minimum atomic E-state index is -0.494. The van der Waals surface area contributed by atoms with Gasteiger partial charge in [0, 0.05) is 11.8 Å². The minimum Gasteiger partial charge on any atom is -0.444 e. The first-order valence-electron chi connectivity index (χ1n) is 8.12. The first-order chi connectivity index (χ1) is 11.8. The fraction of sp³-hybridized carbons (Fsp3) is 0.200. The number of nitrogens with zero attached hydrogens (tertiary/aromatic N) is 1. The van der Waals surface area contributed by atoms with E-state index in [9.17, 15) is 9.59 Å². The fourth-order valence-electron chi connectivity index (χ4n) is 3.37. The molecule has 120 valence electrons. The third-order valence-electron chi connectivity index (χ3n) is 4.46. The average molecular weight is 319 g/mol. The number of fused-ring (bicyclic) bond motifs is 3. The summed E-state index contributed by atoms with van der Waals surface area (Å²) < 4.78 is 6.92. The van der Waals surface area contributed by atoms with Crippen LogP contribution in [0.5, 0.6) is 0 Å². The third-order valence-corrected chi connectivity index (χ3v) is 4.46. The molecule has 4 heteroatoms. The SMILES string of the molecule is O=C1CCCc2c1n(C(=O)OCc1ccccc1)c1ccccc21. The van der Waals surface area contributed by atoms with Gasteiger partial charge in [-0.15, -0.1) is 0 Å². The zero-order chi connectivity index (χ0) is 16.5. The lowest BCUT2D eigenvalue weighted by Crippen LogP contribution is -2.21. The largest absolute Gasteiger partial charge is 0.444 e. The zero-order valence-corrected chi connectivity index (χ0v) is 13.2. The topological polar surface area (TPSA) is 48.3 Å². The Morgan fingerprint density at radius 2 is 1.75 bits per heavy atom. The van der Waals surface area contributed by atoms with Gasteiger partial charge in [-0.25, -0.2) is 9.36 Å². The molecule has 0 unspecified atom stereocenters. The second-order valence-corrected chi connectivity index (χ2v) is 6.00. The highest BCUT2D eigenvalue weighted by atomic mass is 16.5. The molecule has 0 saturated heterocycles. The number of aryl methyl sites for hydroxylation is 1. The highest BCUT2D eigenvalue weighted by Crippen LogP contribution is 2.32. The number of ketones is 1. The minimum absolute atomic E-state index is 0.0177. The molecule has 0 bridgehead atoms. The average Bonchev–Trinajstić information content (AvgIpc) is 2.97. The van der Waals surface area contributed by atoms with E-state index in [-0.39, 0.29) is 12.4 Å². The molecule has 3 aromatic rings. The van der Waals surface area contributed by atoms with Crippen molar-refractivity contribution in [2.75, 3.05) is 0 Å². The third kappa shape index (κ3) is 2.40.